The molecule has 4 aliphatic rings. The number of aromatic nitrogens is 2. The van der Waals surface area contributed by atoms with Gasteiger partial charge < -0.3 is 20.1 Å². The first kappa shape index (κ1) is 30.0. The number of ether oxygens (including phenoxy) is 1. The van der Waals surface area contributed by atoms with Crippen LogP contribution in [-0.2, 0) is 0 Å². The Morgan fingerprint density at radius 2 is 2.00 bits per heavy atom. The maximum atomic E-state index is 16.8. The summed E-state index contributed by atoms with van der Waals surface area (Å²) in [6, 6.07) is 9.16. The van der Waals surface area contributed by atoms with Gasteiger partial charge in [-0.1, -0.05) is 23.7 Å². The normalized spacial score (nSPS) is 27.8. The van der Waals surface area contributed by atoms with Crippen LogP contribution in [0.15, 0.2) is 36.4 Å². The summed E-state index contributed by atoms with van der Waals surface area (Å²) in [7, 11) is 0. The first-order chi connectivity index (χ1) is 22.0. The third-order valence-corrected chi connectivity index (χ3v) is 10.9. The number of hydrogen-bond donors (Lipinski definition) is 2. The molecule has 4 aromatic rings. The van der Waals surface area contributed by atoms with Gasteiger partial charge in [-0.05, 0) is 75.2 Å². The van der Waals surface area contributed by atoms with E-state index in [1.165, 1.54) is 18.2 Å². The van der Waals surface area contributed by atoms with Crippen molar-refractivity contribution >= 4 is 39.1 Å². The minimum atomic E-state index is -2.42. The fraction of sp³-hybridized carbons (Fsp3) is 0.471. The lowest BCUT2D eigenvalue weighted by atomic mass is 9.91. The summed E-state index contributed by atoms with van der Waals surface area (Å²) in [4.78, 5) is 13.4. The molecular weight excluding hydrogens is 622 g/mol. The average molecular weight is 656 g/mol. The van der Waals surface area contributed by atoms with Crippen LogP contribution in [0.5, 0.6) is 11.8 Å². The third-order valence-electron chi connectivity index (χ3n) is 10.6. The van der Waals surface area contributed by atoms with Crippen LogP contribution in [0.25, 0.3) is 32.8 Å². The van der Waals surface area contributed by atoms with Crippen LogP contribution in [0.3, 0.4) is 0 Å². The fourth-order valence-corrected chi connectivity index (χ4v) is 8.80. The molecule has 0 saturated carbocycles. The van der Waals surface area contributed by atoms with Gasteiger partial charge in [0.1, 0.15) is 29.5 Å². The predicted octanol–water partition coefficient (Wildman–Crippen LogP) is 6.92. The Hall–Kier alpha value is -3.41. The second-order valence-electron chi connectivity index (χ2n) is 13.8. The summed E-state index contributed by atoms with van der Waals surface area (Å²) in [6.45, 7) is 4.40. The number of nitrogens with zero attached hydrogens (tertiary/aromatic N) is 4. The van der Waals surface area contributed by atoms with E-state index in [1.54, 1.807) is 18.2 Å². The molecule has 4 atom stereocenters. The molecule has 4 aliphatic heterocycles. The Kier molecular flexibility index (Phi) is 7.04. The molecule has 4 saturated heterocycles. The van der Waals surface area contributed by atoms with Crippen molar-refractivity contribution in [3.63, 3.8) is 0 Å². The van der Waals surface area contributed by atoms with Crippen molar-refractivity contribution in [2.24, 2.45) is 5.92 Å². The molecule has 2 unspecified atom stereocenters. The molecule has 2 bridgehead atoms. The van der Waals surface area contributed by atoms with Gasteiger partial charge in [0, 0.05) is 58.5 Å². The van der Waals surface area contributed by atoms with Gasteiger partial charge >= 0.3 is 6.01 Å². The summed E-state index contributed by atoms with van der Waals surface area (Å²) in [5.74, 6) is -2.32. The highest BCUT2D eigenvalue weighted by Crippen LogP contribution is 2.45. The van der Waals surface area contributed by atoms with Gasteiger partial charge in [-0.2, -0.15) is 9.97 Å². The number of benzene rings is 3. The van der Waals surface area contributed by atoms with E-state index in [4.69, 9.17) is 21.3 Å². The van der Waals surface area contributed by atoms with Crippen molar-refractivity contribution in [1.82, 2.24) is 20.2 Å². The van der Waals surface area contributed by atoms with Crippen LogP contribution < -0.4 is 15.0 Å². The number of alkyl halides is 2. The van der Waals surface area contributed by atoms with Crippen molar-refractivity contribution < 1.29 is 27.4 Å². The SMILES string of the molecule is C[C@]12CCC(CN(c3nc(OC[C@@]45CCCN4CC(C(F)F)C5)nc4c(F)c(-c5cc(O)cc6cccc(Cl)c56)c(F)cc34)C1)N2. The van der Waals surface area contributed by atoms with Crippen molar-refractivity contribution in [3.05, 3.63) is 53.1 Å². The van der Waals surface area contributed by atoms with Gasteiger partial charge in [0.2, 0.25) is 6.43 Å². The number of fused-ring (bicyclic) bond motifs is 5. The lowest BCUT2D eigenvalue weighted by molar-refractivity contribution is 0.0783. The molecule has 12 heteroatoms. The predicted molar refractivity (Wildman–Crippen MR) is 169 cm³/mol. The molecule has 5 heterocycles. The van der Waals surface area contributed by atoms with Crippen LogP contribution in [0.2, 0.25) is 5.02 Å². The molecule has 7 nitrogen and oxygen atoms in total. The minimum absolute atomic E-state index is 0.0875. The average Bonchev–Trinajstić information content (AvgIpc) is 3.65. The van der Waals surface area contributed by atoms with Gasteiger partial charge in [0.15, 0.2) is 5.82 Å². The molecule has 4 fully saturated rings. The molecule has 0 radical (unpaired) electrons. The number of nitrogens with one attached hydrogen (secondary N) is 1. The smallest absolute Gasteiger partial charge is 0.319 e. The van der Waals surface area contributed by atoms with Crippen LogP contribution in [-0.4, -0.2) is 76.3 Å². The van der Waals surface area contributed by atoms with Crippen LogP contribution in [0.4, 0.5) is 23.4 Å². The van der Waals surface area contributed by atoms with E-state index in [1.807, 2.05) is 4.90 Å². The maximum Gasteiger partial charge on any atom is 0.319 e. The Morgan fingerprint density at radius 3 is 2.80 bits per heavy atom. The molecular formula is C34H34ClF4N5O2. The second-order valence-corrected chi connectivity index (χ2v) is 14.2. The Morgan fingerprint density at radius 1 is 1.15 bits per heavy atom. The highest BCUT2D eigenvalue weighted by molar-refractivity contribution is 6.36. The molecule has 0 spiro atoms. The van der Waals surface area contributed by atoms with Crippen LogP contribution >= 0.6 is 11.6 Å². The summed E-state index contributed by atoms with van der Waals surface area (Å²) in [5.41, 5.74) is -1.16. The first-order valence-corrected chi connectivity index (χ1v) is 16.2. The van der Waals surface area contributed by atoms with Crippen LogP contribution in [0, 0.1) is 17.6 Å². The van der Waals surface area contributed by atoms with Gasteiger partial charge in [0.25, 0.3) is 0 Å². The zero-order chi connectivity index (χ0) is 32.0. The summed E-state index contributed by atoms with van der Waals surface area (Å²) in [6.07, 6.45) is 1.41. The van der Waals surface area contributed by atoms with Crippen molar-refractivity contribution in [3.8, 4) is 22.9 Å². The number of aromatic hydroxyl groups is 1. The van der Waals surface area contributed by atoms with E-state index >= 15 is 8.78 Å². The third kappa shape index (κ3) is 4.85. The highest BCUT2D eigenvalue weighted by atomic mass is 35.5. The maximum absolute atomic E-state index is 16.8. The number of anilines is 1. The molecule has 0 aliphatic carbocycles. The Bertz CT molecular complexity index is 1880. The summed E-state index contributed by atoms with van der Waals surface area (Å²) < 4.78 is 66.7. The molecule has 2 N–H and O–H groups in total. The number of piperazine rings is 1. The molecule has 46 heavy (non-hydrogen) atoms. The molecule has 242 valence electrons. The molecule has 3 aromatic carbocycles. The van der Waals surface area contributed by atoms with Gasteiger partial charge in [0.05, 0.1) is 11.1 Å². The quantitative estimate of drug-likeness (QED) is 0.219. The lowest BCUT2D eigenvalue weighted by Gasteiger charge is -2.40. The van der Waals surface area contributed by atoms with Gasteiger partial charge in [-0.25, -0.2) is 17.6 Å². The number of phenols is 1. The van der Waals surface area contributed by atoms with Crippen molar-refractivity contribution in [2.75, 3.05) is 37.7 Å². The van der Waals surface area contributed by atoms with E-state index in [9.17, 15) is 13.9 Å². The molecule has 1 aromatic heterocycles. The highest BCUT2D eigenvalue weighted by Gasteiger charge is 2.51. The number of halogens is 5. The van der Waals surface area contributed by atoms with Gasteiger partial charge in [-0.3, -0.25) is 4.90 Å². The van der Waals surface area contributed by atoms with Crippen molar-refractivity contribution in [2.45, 2.75) is 62.6 Å². The second kappa shape index (κ2) is 10.8. The standard InChI is InChI=1S/C34H34ClF4N5O2/c1-33-8-6-20(42-33)15-43(16-33)31-23-12-25(36)27(22-11-21(45)10-18-4-2-5-24(35)26(18)22)28(37)29(23)40-32(41-31)46-17-34-7-3-9-44(34)14-19(13-34)30(38)39/h2,4-5,10-12,19-20,30,42,45H,3,6-9,13-17H2,1H3/t19?,20?,33-,34-/m0/s1. The van der Waals surface area contributed by atoms with Gasteiger partial charge in [-0.15, -0.1) is 0 Å². The summed E-state index contributed by atoms with van der Waals surface area (Å²) in [5, 5.41) is 15.5. The molecule has 8 rings (SSSR count). The number of phenolic OH excluding ortho intramolecular Hbond substituents is 1. The number of rotatable bonds is 6. The lowest BCUT2D eigenvalue weighted by Crippen LogP contribution is -2.58. The Balaban J connectivity index is 1.27. The van der Waals surface area contributed by atoms with Crippen molar-refractivity contribution in [1.29, 1.82) is 0 Å². The van der Waals surface area contributed by atoms with E-state index in [0.717, 1.165) is 25.8 Å². The number of hydrogen-bond acceptors (Lipinski definition) is 7. The Labute approximate surface area is 268 Å². The summed E-state index contributed by atoms with van der Waals surface area (Å²) >= 11 is 6.53. The zero-order valence-electron chi connectivity index (χ0n) is 25.3. The van der Waals surface area contributed by atoms with E-state index in [-0.39, 0.29) is 57.0 Å². The zero-order valence-corrected chi connectivity index (χ0v) is 26.1. The monoisotopic (exact) mass is 655 g/mol. The largest absolute Gasteiger partial charge is 0.508 e. The molecule has 0 amide bonds. The van der Waals surface area contributed by atoms with E-state index in [0.29, 0.717) is 49.1 Å². The first-order valence-electron chi connectivity index (χ1n) is 15.8. The van der Waals surface area contributed by atoms with E-state index in [2.05, 4.69) is 22.1 Å². The van der Waals surface area contributed by atoms with E-state index < -0.39 is 29.5 Å². The fourth-order valence-electron chi connectivity index (χ4n) is 8.52. The topological polar surface area (TPSA) is 73.8 Å². The minimum Gasteiger partial charge on any atom is -0.508 e. The van der Waals surface area contributed by atoms with Crippen LogP contribution in [0.1, 0.15) is 39.0 Å².